The van der Waals surface area contributed by atoms with Gasteiger partial charge >= 0.3 is 12.0 Å². The van der Waals surface area contributed by atoms with E-state index in [0.717, 1.165) is 11.3 Å². The number of ether oxygens (including phenoxy) is 3. The molecule has 1 aromatic heterocycles. The highest BCUT2D eigenvalue weighted by Gasteiger charge is 2.34. The molecule has 0 saturated carbocycles. The Morgan fingerprint density at radius 2 is 2.00 bits per heavy atom. The van der Waals surface area contributed by atoms with E-state index in [1.807, 2.05) is 13.8 Å². The van der Waals surface area contributed by atoms with E-state index in [0.29, 0.717) is 21.5 Å². The number of imide groups is 1. The fourth-order valence-electron chi connectivity index (χ4n) is 2.91. The Labute approximate surface area is 193 Å². The molecular weight excluding hydrogens is 484 g/mol. The zero-order chi connectivity index (χ0) is 23.4. The largest absolute Gasteiger partial charge is 0.493 e. The van der Waals surface area contributed by atoms with E-state index in [-0.39, 0.29) is 29.9 Å². The summed E-state index contributed by atoms with van der Waals surface area (Å²) in [5.74, 6) is 0.148. The van der Waals surface area contributed by atoms with Gasteiger partial charge in [-0.3, -0.25) is 9.69 Å². The van der Waals surface area contributed by atoms with Crippen molar-refractivity contribution in [3.05, 3.63) is 51.5 Å². The molecule has 10 heteroatoms. The van der Waals surface area contributed by atoms with Crippen LogP contribution in [0.4, 0.5) is 4.79 Å². The monoisotopic (exact) mass is 506 g/mol. The number of hydrogen-bond donors (Lipinski definition) is 1. The Bertz CT molecular complexity index is 1080. The zero-order valence-electron chi connectivity index (χ0n) is 18.1. The smallest absolute Gasteiger partial charge is 0.373 e. The molecule has 2 heterocycles. The Hall–Kier alpha value is -3.27. The van der Waals surface area contributed by atoms with Gasteiger partial charge in [0.15, 0.2) is 11.5 Å². The minimum atomic E-state index is -0.645. The van der Waals surface area contributed by atoms with E-state index in [4.69, 9.17) is 13.9 Å². The normalized spacial score (nSPS) is 15.7. The summed E-state index contributed by atoms with van der Waals surface area (Å²) in [4.78, 5) is 37.7. The molecule has 1 fully saturated rings. The van der Waals surface area contributed by atoms with Crippen molar-refractivity contribution >= 4 is 39.9 Å². The zero-order valence-corrected chi connectivity index (χ0v) is 19.6. The average molecular weight is 507 g/mol. The van der Waals surface area contributed by atoms with Crippen LogP contribution >= 0.6 is 15.9 Å². The first-order chi connectivity index (χ1) is 15.3. The molecule has 3 amide bonds. The van der Waals surface area contributed by atoms with Crippen LogP contribution in [0, 0.1) is 0 Å². The predicted octanol–water partition coefficient (Wildman–Crippen LogP) is 4.11. The molecular formula is C22H23BrN2O7. The minimum Gasteiger partial charge on any atom is -0.493 e. The third-order valence-electron chi connectivity index (χ3n) is 4.81. The molecule has 3 rings (SSSR count). The van der Waals surface area contributed by atoms with Gasteiger partial charge in [0, 0.05) is 4.47 Å². The van der Waals surface area contributed by atoms with Crippen LogP contribution in [0.2, 0.25) is 0 Å². The molecule has 1 N–H and O–H groups in total. The molecule has 1 aliphatic heterocycles. The number of methoxy groups -OCH3 is 2. The second-order valence-corrected chi connectivity index (χ2v) is 7.85. The number of benzene rings is 1. The summed E-state index contributed by atoms with van der Waals surface area (Å²) < 4.78 is 21.9. The second-order valence-electron chi connectivity index (χ2n) is 7.00. The Morgan fingerprint density at radius 3 is 2.66 bits per heavy atom. The lowest BCUT2D eigenvalue weighted by atomic mass is 10.1. The van der Waals surface area contributed by atoms with E-state index in [2.05, 4.69) is 26.0 Å². The predicted molar refractivity (Wildman–Crippen MR) is 118 cm³/mol. The summed E-state index contributed by atoms with van der Waals surface area (Å²) >= 11 is 3.48. The van der Waals surface area contributed by atoms with Gasteiger partial charge in [-0.1, -0.05) is 22.9 Å². The molecule has 0 aliphatic carbocycles. The molecule has 170 valence electrons. The number of furan rings is 1. The number of esters is 1. The summed E-state index contributed by atoms with van der Waals surface area (Å²) in [5.41, 5.74) is 0.711. The summed E-state index contributed by atoms with van der Waals surface area (Å²) in [7, 11) is 2.76. The van der Waals surface area contributed by atoms with Crippen molar-refractivity contribution in [2.24, 2.45) is 0 Å². The fourth-order valence-corrected chi connectivity index (χ4v) is 3.35. The topological polar surface area (TPSA) is 107 Å². The number of hydrogen-bond acceptors (Lipinski definition) is 7. The van der Waals surface area contributed by atoms with E-state index in [1.54, 1.807) is 18.2 Å². The van der Waals surface area contributed by atoms with Crippen molar-refractivity contribution in [3.63, 3.8) is 0 Å². The summed E-state index contributed by atoms with van der Waals surface area (Å²) in [6.07, 6.45) is 2.38. The molecule has 0 radical (unpaired) electrons. The summed E-state index contributed by atoms with van der Waals surface area (Å²) in [6.45, 7) is 3.84. The standard InChI is InChI=1S/C22H23BrN2O7/c1-5-12(2)31-19-10-15(23)13(9-18(19)29-3)8-16-20(26)25(22(28)24-16)11-14-6-7-17(32-14)21(27)30-4/h6-10,12H,5,11H2,1-4H3,(H,24,28)/b16-8-/t12-/m1/s1. The van der Waals surface area contributed by atoms with Gasteiger partial charge in [0.1, 0.15) is 11.5 Å². The highest BCUT2D eigenvalue weighted by molar-refractivity contribution is 9.10. The van der Waals surface area contributed by atoms with E-state index < -0.39 is 17.9 Å². The lowest BCUT2D eigenvalue weighted by molar-refractivity contribution is -0.123. The van der Waals surface area contributed by atoms with Gasteiger partial charge in [0.25, 0.3) is 5.91 Å². The number of amides is 3. The van der Waals surface area contributed by atoms with Crippen molar-refractivity contribution in [1.82, 2.24) is 10.2 Å². The van der Waals surface area contributed by atoms with Crippen LogP contribution in [0.3, 0.4) is 0 Å². The molecule has 1 aliphatic rings. The first-order valence-corrected chi connectivity index (χ1v) is 10.6. The first kappa shape index (κ1) is 23.4. The molecule has 1 saturated heterocycles. The first-order valence-electron chi connectivity index (χ1n) is 9.83. The van der Waals surface area contributed by atoms with Crippen molar-refractivity contribution < 1.29 is 33.0 Å². The minimum absolute atomic E-state index is 0.00515. The fraction of sp³-hybridized carbons (Fsp3) is 0.318. The lowest BCUT2D eigenvalue weighted by Gasteiger charge is -2.17. The Morgan fingerprint density at radius 1 is 1.25 bits per heavy atom. The van der Waals surface area contributed by atoms with Gasteiger partial charge in [0.2, 0.25) is 5.76 Å². The van der Waals surface area contributed by atoms with Crippen molar-refractivity contribution in [2.45, 2.75) is 32.9 Å². The van der Waals surface area contributed by atoms with Gasteiger partial charge in [-0.25, -0.2) is 9.59 Å². The van der Waals surface area contributed by atoms with Crippen LogP contribution < -0.4 is 14.8 Å². The third-order valence-corrected chi connectivity index (χ3v) is 5.50. The number of halogens is 1. The van der Waals surface area contributed by atoms with Crippen LogP contribution in [0.15, 0.2) is 38.9 Å². The van der Waals surface area contributed by atoms with Gasteiger partial charge in [0.05, 0.1) is 26.9 Å². The SMILES string of the molecule is CC[C@@H](C)Oc1cc(Br)c(/C=C2\NC(=O)N(Cc3ccc(C(=O)OC)o3)C2=O)cc1OC. The highest BCUT2D eigenvalue weighted by Crippen LogP contribution is 2.35. The van der Waals surface area contributed by atoms with Gasteiger partial charge in [-0.2, -0.15) is 0 Å². The number of rotatable bonds is 8. The third kappa shape index (κ3) is 4.96. The van der Waals surface area contributed by atoms with E-state index in [9.17, 15) is 14.4 Å². The number of carbonyl (C=O) groups excluding carboxylic acids is 3. The number of nitrogens with zero attached hydrogens (tertiary/aromatic N) is 1. The van der Waals surface area contributed by atoms with E-state index in [1.165, 1.54) is 26.4 Å². The molecule has 1 aromatic carbocycles. The second kappa shape index (κ2) is 9.90. The highest BCUT2D eigenvalue weighted by atomic mass is 79.9. The summed E-state index contributed by atoms with van der Waals surface area (Å²) in [6, 6.07) is 5.80. The number of urea groups is 1. The quantitative estimate of drug-likeness (QED) is 0.326. The maximum atomic E-state index is 12.8. The van der Waals surface area contributed by atoms with Crippen molar-refractivity contribution in [2.75, 3.05) is 14.2 Å². The van der Waals surface area contributed by atoms with Crippen LogP contribution in [0.1, 0.15) is 42.1 Å². The van der Waals surface area contributed by atoms with Crippen LogP contribution in [-0.2, 0) is 16.1 Å². The van der Waals surface area contributed by atoms with Crippen LogP contribution in [-0.4, -0.2) is 43.1 Å². The van der Waals surface area contributed by atoms with Crippen LogP contribution in [0.5, 0.6) is 11.5 Å². The van der Waals surface area contributed by atoms with Crippen LogP contribution in [0.25, 0.3) is 6.08 Å². The van der Waals surface area contributed by atoms with Gasteiger partial charge in [-0.05, 0) is 49.2 Å². The molecule has 9 nitrogen and oxygen atoms in total. The Balaban J connectivity index is 1.82. The maximum Gasteiger partial charge on any atom is 0.373 e. The molecule has 2 aromatic rings. The van der Waals surface area contributed by atoms with Gasteiger partial charge in [-0.15, -0.1) is 0 Å². The average Bonchev–Trinajstić information content (AvgIpc) is 3.35. The number of carbonyl (C=O) groups is 3. The summed E-state index contributed by atoms with van der Waals surface area (Å²) in [5, 5.41) is 2.56. The molecule has 1 atom stereocenters. The molecule has 32 heavy (non-hydrogen) atoms. The molecule has 0 spiro atoms. The Kier molecular flexibility index (Phi) is 7.24. The molecule has 0 bridgehead atoms. The van der Waals surface area contributed by atoms with Crippen molar-refractivity contribution in [3.8, 4) is 11.5 Å². The maximum absolute atomic E-state index is 12.8. The molecule has 0 unspecified atom stereocenters. The van der Waals surface area contributed by atoms with Crippen molar-refractivity contribution in [1.29, 1.82) is 0 Å². The van der Waals surface area contributed by atoms with E-state index >= 15 is 0 Å². The lowest BCUT2D eigenvalue weighted by Crippen LogP contribution is -2.30. The van der Waals surface area contributed by atoms with Gasteiger partial charge < -0.3 is 23.9 Å². The number of nitrogens with one attached hydrogen (secondary N) is 1.